The van der Waals surface area contributed by atoms with Crippen LogP contribution in [0.2, 0.25) is 0 Å². The van der Waals surface area contributed by atoms with Gasteiger partial charge < -0.3 is 4.74 Å². The molecule has 0 spiro atoms. The number of aromatic nitrogens is 1. The van der Waals surface area contributed by atoms with E-state index < -0.39 is 0 Å². The molecule has 4 nitrogen and oxygen atoms in total. The number of pyridine rings is 1. The van der Waals surface area contributed by atoms with Gasteiger partial charge in [-0.3, -0.25) is 16.3 Å². The first-order chi connectivity index (χ1) is 9.81. The molecule has 0 bridgehead atoms. The molecule has 3 N–H and O–H groups in total. The average molecular weight is 277 g/mol. The Morgan fingerprint density at radius 1 is 1.45 bits per heavy atom. The van der Waals surface area contributed by atoms with Crippen LogP contribution in [0.25, 0.3) is 0 Å². The number of rotatable bonds is 7. The summed E-state index contributed by atoms with van der Waals surface area (Å²) in [5.74, 6) is 5.67. The molecule has 2 atom stereocenters. The lowest BCUT2D eigenvalue weighted by Gasteiger charge is -2.24. The minimum absolute atomic E-state index is 0.278. The van der Waals surface area contributed by atoms with E-state index in [-0.39, 0.29) is 6.04 Å². The standard InChI is InChI=1S/C16H27N3O/c1-2-13-6-7-14(18-12-13)11-15(19-17)8-9-16-5-3-4-10-20-16/h6-7,12,15-16,19H,2-5,8-11,17H2,1H3. The maximum atomic E-state index is 5.77. The Hall–Kier alpha value is -0.970. The van der Waals surface area contributed by atoms with Crippen molar-refractivity contribution in [2.45, 2.75) is 64.0 Å². The van der Waals surface area contributed by atoms with Crippen molar-refractivity contribution in [3.05, 3.63) is 29.6 Å². The van der Waals surface area contributed by atoms with Crippen LogP contribution in [-0.2, 0) is 17.6 Å². The van der Waals surface area contributed by atoms with Crippen molar-refractivity contribution >= 4 is 0 Å². The molecule has 0 aromatic carbocycles. The quantitative estimate of drug-likeness (QED) is 0.593. The summed E-state index contributed by atoms with van der Waals surface area (Å²) >= 11 is 0. The van der Waals surface area contributed by atoms with Crippen LogP contribution in [0.1, 0.15) is 50.3 Å². The predicted octanol–water partition coefficient (Wildman–Crippen LogP) is 2.37. The molecule has 2 unspecified atom stereocenters. The summed E-state index contributed by atoms with van der Waals surface area (Å²) in [6.45, 7) is 3.07. The van der Waals surface area contributed by atoms with E-state index in [1.165, 1.54) is 24.8 Å². The number of hydrogen-bond acceptors (Lipinski definition) is 4. The third-order valence-electron chi connectivity index (χ3n) is 4.10. The molecule has 0 saturated carbocycles. The van der Waals surface area contributed by atoms with Gasteiger partial charge in [-0.1, -0.05) is 13.0 Å². The summed E-state index contributed by atoms with van der Waals surface area (Å²) in [6.07, 6.45) is 10.1. The Morgan fingerprint density at radius 2 is 2.35 bits per heavy atom. The van der Waals surface area contributed by atoms with Gasteiger partial charge in [-0.25, -0.2) is 0 Å². The molecular formula is C16H27N3O. The molecule has 0 aliphatic carbocycles. The fourth-order valence-electron chi connectivity index (χ4n) is 2.70. The number of nitrogens with one attached hydrogen (secondary N) is 1. The SMILES string of the molecule is CCc1ccc(CC(CCC2CCCCO2)NN)nc1. The van der Waals surface area contributed by atoms with Crippen molar-refractivity contribution in [3.8, 4) is 0 Å². The second kappa shape index (κ2) is 8.35. The summed E-state index contributed by atoms with van der Waals surface area (Å²) < 4.78 is 5.77. The van der Waals surface area contributed by atoms with E-state index in [2.05, 4.69) is 29.5 Å². The van der Waals surface area contributed by atoms with Crippen molar-refractivity contribution in [1.29, 1.82) is 0 Å². The highest BCUT2D eigenvalue weighted by molar-refractivity contribution is 5.14. The zero-order valence-corrected chi connectivity index (χ0v) is 12.5. The molecule has 1 saturated heterocycles. The van der Waals surface area contributed by atoms with Crippen LogP contribution in [0, 0.1) is 0 Å². The number of hydrazine groups is 1. The maximum Gasteiger partial charge on any atom is 0.0575 e. The molecule has 1 aromatic heterocycles. The zero-order chi connectivity index (χ0) is 14.2. The second-order valence-electron chi connectivity index (χ2n) is 5.64. The van der Waals surface area contributed by atoms with Gasteiger partial charge in [-0.05, 0) is 50.2 Å². The molecule has 4 heteroatoms. The summed E-state index contributed by atoms with van der Waals surface area (Å²) in [5, 5.41) is 0. The fourth-order valence-corrected chi connectivity index (χ4v) is 2.70. The molecular weight excluding hydrogens is 250 g/mol. The zero-order valence-electron chi connectivity index (χ0n) is 12.5. The number of nitrogens with zero attached hydrogens (tertiary/aromatic N) is 1. The number of nitrogens with two attached hydrogens (primary N) is 1. The second-order valence-corrected chi connectivity index (χ2v) is 5.64. The fraction of sp³-hybridized carbons (Fsp3) is 0.688. The lowest BCUT2D eigenvalue weighted by atomic mass is 9.99. The van der Waals surface area contributed by atoms with Gasteiger partial charge >= 0.3 is 0 Å². The van der Waals surface area contributed by atoms with Crippen molar-refractivity contribution in [3.63, 3.8) is 0 Å². The molecule has 112 valence electrons. The van der Waals surface area contributed by atoms with Crippen LogP contribution in [0.15, 0.2) is 18.3 Å². The summed E-state index contributed by atoms with van der Waals surface area (Å²) in [7, 11) is 0. The lowest BCUT2D eigenvalue weighted by molar-refractivity contribution is 0.00857. The van der Waals surface area contributed by atoms with Crippen LogP contribution in [0.3, 0.4) is 0 Å². The van der Waals surface area contributed by atoms with Crippen LogP contribution in [0.4, 0.5) is 0 Å². The molecule has 1 aliphatic rings. The largest absolute Gasteiger partial charge is 0.378 e. The van der Waals surface area contributed by atoms with Crippen molar-refractivity contribution in [2.24, 2.45) is 5.84 Å². The summed E-state index contributed by atoms with van der Waals surface area (Å²) in [5.41, 5.74) is 5.31. The first kappa shape index (κ1) is 15.4. The molecule has 2 rings (SSSR count). The monoisotopic (exact) mass is 277 g/mol. The van der Waals surface area contributed by atoms with Gasteiger partial charge in [0.05, 0.1) is 6.10 Å². The Morgan fingerprint density at radius 3 is 2.95 bits per heavy atom. The summed E-state index contributed by atoms with van der Waals surface area (Å²) in [6, 6.07) is 4.54. The van der Waals surface area contributed by atoms with Gasteiger partial charge in [0.25, 0.3) is 0 Å². The van der Waals surface area contributed by atoms with Gasteiger partial charge in [0.15, 0.2) is 0 Å². The lowest BCUT2D eigenvalue weighted by Crippen LogP contribution is -2.38. The van der Waals surface area contributed by atoms with Crippen LogP contribution in [-0.4, -0.2) is 23.7 Å². The average Bonchev–Trinajstić information content (AvgIpc) is 2.53. The number of hydrogen-bond donors (Lipinski definition) is 2. The molecule has 20 heavy (non-hydrogen) atoms. The van der Waals surface area contributed by atoms with E-state index in [1.54, 1.807) is 0 Å². The molecule has 1 aliphatic heterocycles. The van der Waals surface area contributed by atoms with E-state index in [9.17, 15) is 0 Å². The van der Waals surface area contributed by atoms with Crippen molar-refractivity contribution in [2.75, 3.05) is 6.61 Å². The Kier molecular flexibility index (Phi) is 6.43. The highest BCUT2D eigenvalue weighted by Crippen LogP contribution is 2.18. The highest BCUT2D eigenvalue weighted by Gasteiger charge is 2.16. The van der Waals surface area contributed by atoms with Crippen molar-refractivity contribution in [1.82, 2.24) is 10.4 Å². The van der Waals surface area contributed by atoms with Crippen molar-refractivity contribution < 1.29 is 4.74 Å². The van der Waals surface area contributed by atoms with Gasteiger partial charge in [-0.15, -0.1) is 0 Å². The smallest absolute Gasteiger partial charge is 0.0575 e. The molecule has 1 aromatic rings. The predicted molar refractivity (Wildman–Crippen MR) is 81.3 cm³/mol. The van der Waals surface area contributed by atoms with E-state index in [1.807, 2.05) is 6.20 Å². The minimum Gasteiger partial charge on any atom is -0.378 e. The number of ether oxygens (including phenoxy) is 1. The maximum absolute atomic E-state index is 5.77. The first-order valence-electron chi connectivity index (χ1n) is 7.83. The molecule has 0 radical (unpaired) electrons. The molecule has 1 fully saturated rings. The topological polar surface area (TPSA) is 60.2 Å². The van der Waals surface area contributed by atoms with Gasteiger partial charge in [-0.2, -0.15) is 0 Å². The normalized spacial score (nSPS) is 20.8. The number of aryl methyl sites for hydroxylation is 1. The van der Waals surface area contributed by atoms with E-state index in [0.29, 0.717) is 6.10 Å². The minimum atomic E-state index is 0.278. The van der Waals surface area contributed by atoms with Crippen LogP contribution < -0.4 is 11.3 Å². The van der Waals surface area contributed by atoms with Crippen LogP contribution in [0.5, 0.6) is 0 Å². The third-order valence-corrected chi connectivity index (χ3v) is 4.10. The molecule has 0 amide bonds. The third kappa shape index (κ3) is 4.85. The summed E-state index contributed by atoms with van der Waals surface area (Å²) in [4.78, 5) is 4.51. The Balaban J connectivity index is 1.78. The van der Waals surface area contributed by atoms with E-state index >= 15 is 0 Å². The van der Waals surface area contributed by atoms with Crippen LogP contribution >= 0.6 is 0 Å². The van der Waals surface area contributed by atoms with Gasteiger partial charge in [0.1, 0.15) is 0 Å². The first-order valence-corrected chi connectivity index (χ1v) is 7.83. The Labute approximate surface area is 122 Å². The van der Waals surface area contributed by atoms with Gasteiger partial charge in [0.2, 0.25) is 0 Å². The Bertz CT molecular complexity index is 374. The van der Waals surface area contributed by atoms with E-state index in [4.69, 9.17) is 10.6 Å². The highest BCUT2D eigenvalue weighted by atomic mass is 16.5. The van der Waals surface area contributed by atoms with Gasteiger partial charge in [0, 0.05) is 31.0 Å². The van der Waals surface area contributed by atoms with E-state index in [0.717, 1.165) is 38.0 Å². The molecule has 2 heterocycles.